The number of benzene rings is 1. The van der Waals surface area contributed by atoms with Crippen LogP contribution in [-0.2, 0) is 0 Å². The molecule has 0 unspecified atom stereocenters. The smallest absolute Gasteiger partial charge is 0.176 e. The van der Waals surface area contributed by atoms with Crippen molar-refractivity contribution in [2.45, 2.75) is 6.92 Å². The summed E-state index contributed by atoms with van der Waals surface area (Å²) in [5.41, 5.74) is 0. The summed E-state index contributed by atoms with van der Waals surface area (Å²) < 4.78 is 5.08. The molecule has 0 aliphatic rings. The van der Waals surface area contributed by atoms with E-state index in [2.05, 4.69) is 0 Å². The summed E-state index contributed by atoms with van der Waals surface area (Å²) >= 11 is 5.62. The van der Waals surface area contributed by atoms with Crippen LogP contribution in [0.5, 0.6) is 11.5 Å². The van der Waals surface area contributed by atoms with Crippen molar-refractivity contribution in [1.82, 2.24) is 0 Å². The van der Waals surface area contributed by atoms with Gasteiger partial charge < -0.3 is 9.84 Å². The molecule has 1 aromatic carbocycles. The van der Waals surface area contributed by atoms with Crippen LogP contribution >= 0.6 is 11.6 Å². The van der Waals surface area contributed by atoms with E-state index in [4.69, 9.17) is 16.3 Å². The van der Waals surface area contributed by atoms with Crippen LogP contribution in [0.2, 0.25) is 5.02 Å². The molecule has 11 heavy (non-hydrogen) atoms. The molecule has 3 heteroatoms. The van der Waals surface area contributed by atoms with Gasteiger partial charge in [0.2, 0.25) is 0 Å². The summed E-state index contributed by atoms with van der Waals surface area (Å²) in [5.74, 6) is 0.441. The number of hydrogen-bond donors (Lipinski definition) is 1. The molecule has 0 spiro atoms. The fourth-order valence-corrected chi connectivity index (χ4v) is 0.933. The summed E-state index contributed by atoms with van der Waals surface area (Å²) in [6, 6.07) is 5.01. The fourth-order valence-electron chi connectivity index (χ4n) is 0.768. The van der Waals surface area contributed by atoms with Gasteiger partial charge in [-0.15, -0.1) is 0 Å². The first-order valence-corrected chi connectivity index (χ1v) is 3.73. The van der Waals surface area contributed by atoms with Crippen molar-refractivity contribution in [1.29, 1.82) is 0 Å². The van der Waals surface area contributed by atoms with E-state index < -0.39 is 0 Å². The maximum absolute atomic E-state index is 9.27. The third-order valence-electron chi connectivity index (χ3n) is 1.25. The Balaban J connectivity index is 2.96. The number of para-hydroxylation sites is 1. The van der Waals surface area contributed by atoms with Gasteiger partial charge in [-0.1, -0.05) is 17.7 Å². The predicted molar refractivity (Wildman–Crippen MR) is 44.3 cm³/mol. The Hall–Kier alpha value is -0.890. The van der Waals surface area contributed by atoms with Crippen LogP contribution in [0.1, 0.15) is 6.92 Å². The Bertz CT molecular complexity index is 248. The van der Waals surface area contributed by atoms with Crippen molar-refractivity contribution in [2.75, 3.05) is 6.61 Å². The minimum Gasteiger partial charge on any atom is -0.503 e. The quantitative estimate of drug-likeness (QED) is 0.743. The monoisotopic (exact) mass is 172 g/mol. The zero-order chi connectivity index (χ0) is 8.27. The van der Waals surface area contributed by atoms with Crippen molar-refractivity contribution in [3.63, 3.8) is 0 Å². The predicted octanol–water partition coefficient (Wildman–Crippen LogP) is 2.44. The molecule has 1 rings (SSSR count). The Morgan fingerprint density at radius 2 is 2.27 bits per heavy atom. The molecule has 0 fully saturated rings. The highest BCUT2D eigenvalue weighted by atomic mass is 35.5. The highest BCUT2D eigenvalue weighted by Crippen LogP contribution is 2.32. The van der Waals surface area contributed by atoms with Gasteiger partial charge >= 0.3 is 0 Å². The lowest BCUT2D eigenvalue weighted by atomic mass is 10.3. The Morgan fingerprint density at radius 1 is 1.55 bits per heavy atom. The molecule has 0 radical (unpaired) electrons. The van der Waals surface area contributed by atoms with Crippen LogP contribution in [0, 0.1) is 0 Å². The van der Waals surface area contributed by atoms with Crippen LogP contribution in [0.3, 0.4) is 0 Å². The van der Waals surface area contributed by atoms with Gasteiger partial charge in [0.15, 0.2) is 11.5 Å². The minimum atomic E-state index is 0.0102. The molecule has 0 aliphatic carbocycles. The van der Waals surface area contributed by atoms with Crippen LogP contribution in [-0.4, -0.2) is 11.7 Å². The summed E-state index contributed by atoms with van der Waals surface area (Å²) in [5, 5.41) is 9.59. The topological polar surface area (TPSA) is 29.5 Å². The summed E-state index contributed by atoms with van der Waals surface area (Å²) in [7, 11) is 0. The van der Waals surface area contributed by atoms with Crippen LogP contribution in [0.4, 0.5) is 0 Å². The molecule has 2 nitrogen and oxygen atoms in total. The highest BCUT2D eigenvalue weighted by Gasteiger charge is 2.03. The van der Waals surface area contributed by atoms with E-state index >= 15 is 0 Å². The molecular weight excluding hydrogens is 164 g/mol. The average Bonchev–Trinajstić information content (AvgIpc) is 1.99. The summed E-state index contributed by atoms with van der Waals surface area (Å²) in [6.07, 6.45) is 0. The molecule has 0 aliphatic heterocycles. The third kappa shape index (κ3) is 1.77. The second kappa shape index (κ2) is 3.49. The first-order valence-electron chi connectivity index (χ1n) is 3.36. The number of phenols is 1. The Labute approximate surface area is 70.4 Å². The average molecular weight is 173 g/mol. The van der Waals surface area contributed by atoms with Gasteiger partial charge in [0.1, 0.15) is 0 Å². The third-order valence-corrected chi connectivity index (χ3v) is 1.55. The number of halogens is 1. The van der Waals surface area contributed by atoms with Crippen molar-refractivity contribution in [2.24, 2.45) is 0 Å². The molecule has 0 saturated heterocycles. The van der Waals surface area contributed by atoms with Crippen molar-refractivity contribution in [3.05, 3.63) is 23.2 Å². The van der Waals surface area contributed by atoms with Crippen molar-refractivity contribution in [3.8, 4) is 11.5 Å². The molecular formula is C8H9ClO2. The summed E-state index contributed by atoms with van der Waals surface area (Å²) in [4.78, 5) is 0. The van der Waals surface area contributed by atoms with Gasteiger partial charge in [-0.05, 0) is 19.1 Å². The lowest BCUT2D eigenvalue weighted by Crippen LogP contribution is -1.91. The standard InChI is InChI=1S/C8H9ClO2/c1-2-11-7-5-3-4-6(9)8(7)10/h3-5,10H,2H2,1H3. The van der Waals surface area contributed by atoms with Gasteiger partial charge in [-0.3, -0.25) is 0 Å². The van der Waals surface area contributed by atoms with Crippen LogP contribution in [0.15, 0.2) is 18.2 Å². The van der Waals surface area contributed by atoms with Gasteiger partial charge in [0, 0.05) is 0 Å². The van der Waals surface area contributed by atoms with Crippen LogP contribution < -0.4 is 4.74 Å². The second-order valence-electron chi connectivity index (χ2n) is 2.02. The maximum atomic E-state index is 9.27. The van der Waals surface area contributed by atoms with E-state index in [-0.39, 0.29) is 5.75 Å². The highest BCUT2D eigenvalue weighted by molar-refractivity contribution is 6.32. The van der Waals surface area contributed by atoms with Gasteiger partial charge in [0.25, 0.3) is 0 Å². The number of rotatable bonds is 2. The first kappa shape index (κ1) is 8.21. The maximum Gasteiger partial charge on any atom is 0.176 e. The SMILES string of the molecule is CCOc1cccc(Cl)c1O. The normalized spacial score (nSPS) is 9.64. The van der Waals surface area contributed by atoms with Gasteiger partial charge in [0.05, 0.1) is 11.6 Å². The van der Waals surface area contributed by atoms with Crippen LogP contribution in [0.25, 0.3) is 0 Å². The van der Waals surface area contributed by atoms with E-state index in [1.807, 2.05) is 6.92 Å². The molecule has 0 aromatic heterocycles. The molecule has 60 valence electrons. The molecule has 0 bridgehead atoms. The molecule has 0 heterocycles. The Kier molecular flexibility index (Phi) is 2.60. The number of ether oxygens (including phenoxy) is 1. The minimum absolute atomic E-state index is 0.0102. The fraction of sp³-hybridized carbons (Fsp3) is 0.250. The Morgan fingerprint density at radius 3 is 2.91 bits per heavy atom. The zero-order valence-electron chi connectivity index (χ0n) is 6.17. The van der Waals surface area contributed by atoms with E-state index in [0.29, 0.717) is 17.4 Å². The van der Waals surface area contributed by atoms with E-state index in [1.165, 1.54) is 0 Å². The van der Waals surface area contributed by atoms with E-state index in [9.17, 15) is 5.11 Å². The number of aromatic hydroxyl groups is 1. The molecule has 0 amide bonds. The first-order chi connectivity index (χ1) is 5.25. The second-order valence-corrected chi connectivity index (χ2v) is 2.43. The molecule has 1 aromatic rings. The number of phenolic OH excluding ortho intramolecular Hbond substituents is 1. The van der Waals surface area contributed by atoms with E-state index in [0.717, 1.165) is 0 Å². The van der Waals surface area contributed by atoms with Crippen molar-refractivity contribution >= 4 is 11.6 Å². The lowest BCUT2D eigenvalue weighted by Gasteiger charge is -2.05. The largest absolute Gasteiger partial charge is 0.503 e. The number of hydrogen-bond acceptors (Lipinski definition) is 2. The van der Waals surface area contributed by atoms with Gasteiger partial charge in [-0.2, -0.15) is 0 Å². The van der Waals surface area contributed by atoms with Crippen molar-refractivity contribution < 1.29 is 9.84 Å². The van der Waals surface area contributed by atoms with E-state index in [1.54, 1.807) is 18.2 Å². The zero-order valence-corrected chi connectivity index (χ0v) is 6.93. The summed E-state index contributed by atoms with van der Waals surface area (Å²) in [6.45, 7) is 2.37. The van der Waals surface area contributed by atoms with Gasteiger partial charge in [-0.25, -0.2) is 0 Å². The molecule has 0 atom stereocenters. The molecule has 0 saturated carbocycles. The molecule has 1 N–H and O–H groups in total. The lowest BCUT2D eigenvalue weighted by molar-refractivity contribution is 0.318.